The fourth-order valence-electron chi connectivity index (χ4n) is 2.88. The highest BCUT2D eigenvalue weighted by molar-refractivity contribution is 7.14. The summed E-state index contributed by atoms with van der Waals surface area (Å²) >= 11 is 1.14. The van der Waals surface area contributed by atoms with E-state index in [0.29, 0.717) is 23.2 Å². The van der Waals surface area contributed by atoms with Gasteiger partial charge in [-0.15, -0.1) is 11.3 Å². The van der Waals surface area contributed by atoms with Crippen molar-refractivity contribution in [2.75, 3.05) is 33.1 Å². The molecule has 30 heavy (non-hydrogen) atoms. The van der Waals surface area contributed by atoms with Crippen LogP contribution in [0.15, 0.2) is 41.8 Å². The maximum Gasteiger partial charge on any atom is 0.240 e. The number of halogens is 2. The summed E-state index contributed by atoms with van der Waals surface area (Å²) in [4.78, 5) is 18.4. The van der Waals surface area contributed by atoms with Crippen LogP contribution in [-0.4, -0.2) is 43.6 Å². The number of rotatable bonds is 8. The van der Waals surface area contributed by atoms with Crippen molar-refractivity contribution in [2.45, 2.75) is 6.54 Å². The molecule has 1 aromatic heterocycles. The zero-order chi connectivity index (χ0) is 21.7. The summed E-state index contributed by atoms with van der Waals surface area (Å²) in [6, 6.07) is 8.66. The Morgan fingerprint density at radius 2 is 1.97 bits per heavy atom. The Hall–Kier alpha value is -3.04. The number of carbonyl (C=O) groups is 1. The molecule has 0 aliphatic rings. The lowest BCUT2D eigenvalue weighted by Crippen LogP contribution is -2.29. The van der Waals surface area contributed by atoms with Gasteiger partial charge in [-0.25, -0.2) is 13.8 Å². The van der Waals surface area contributed by atoms with Gasteiger partial charge in [0.15, 0.2) is 5.13 Å². The van der Waals surface area contributed by atoms with E-state index >= 15 is 0 Å². The molecule has 3 rings (SSSR count). The number of hydrogen-bond donors (Lipinski definition) is 1. The zero-order valence-electron chi connectivity index (χ0n) is 16.7. The first-order chi connectivity index (χ1) is 14.4. The van der Waals surface area contributed by atoms with Crippen molar-refractivity contribution in [1.82, 2.24) is 9.88 Å². The van der Waals surface area contributed by atoms with E-state index in [-0.39, 0.29) is 23.7 Å². The highest BCUT2D eigenvalue weighted by Gasteiger charge is 2.14. The molecule has 158 valence electrons. The van der Waals surface area contributed by atoms with Crippen LogP contribution in [0.25, 0.3) is 11.3 Å². The Morgan fingerprint density at radius 1 is 1.17 bits per heavy atom. The third-order valence-corrected chi connectivity index (χ3v) is 5.06. The third-order valence-electron chi connectivity index (χ3n) is 4.30. The quantitative estimate of drug-likeness (QED) is 0.578. The topological polar surface area (TPSA) is 63.7 Å². The van der Waals surface area contributed by atoms with Gasteiger partial charge in [0, 0.05) is 29.1 Å². The van der Waals surface area contributed by atoms with Crippen LogP contribution in [0.1, 0.15) is 5.56 Å². The Balaban J connectivity index is 1.61. The number of aromatic nitrogens is 1. The molecule has 0 bridgehead atoms. The van der Waals surface area contributed by atoms with Crippen molar-refractivity contribution in [3.8, 4) is 22.8 Å². The van der Waals surface area contributed by atoms with E-state index < -0.39 is 11.6 Å². The van der Waals surface area contributed by atoms with E-state index in [0.717, 1.165) is 35.1 Å². The number of benzene rings is 2. The Morgan fingerprint density at radius 3 is 2.70 bits per heavy atom. The van der Waals surface area contributed by atoms with E-state index in [1.54, 1.807) is 32.7 Å². The van der Waals surface area contributed by atoms with Gasteiger partial charge in [-0.05, 0) is 31.3 Å². The molecule has 1 N–H and O–H groups in total. The summed E-state index contributed by atoms with van der Waals surface area (Å²) in [5.74, 6) is -0.0486. The number of hydrogen-bond acceptors (Lipinski definition) is 6. The van der Waals surface area contributed by atoms with Crippen molar-refractivity contribution in [3.05, 3.63) is 59.0 Å². The number of anilines is 1. The number of nitrogens with one attached hydrogen (secondary N) is 1. The van der Waals surface area contributed by atoms with Crippen molar-refractivity contribution >= 4 is 22.4 Å². The average molecular weight is 433 g/mol. The van der Waals surface area contributed by atoms with Gasteiger partial charge >= 0.3 is 0 Å². The van der Waals surface area contributed by atoms with Crippen molar-refractivity contribution < 1.29 is 23.0 Å². The summed E-state index contributed by atoms with van der Waals surface area (Å²) in [5, 5.41) is 4.57. The number of methoxy groups -OCH3 is 2. The van der Waals surface area contributed by atoms with Crippen molar-refractivity contribution in [3.63, 3.8) is 0 Å². The fourth-order valence-corrected chi connectivity index (χ4v) is 3.61. The zero-order valence-corrected chi connectivity index (χ0v) is 17.6. The molecule has 0 fully saturated rings. The second-order valence-corrected chi connectivity index (χ2v) is 7.42. The second-order valence-electron chi connectivity index (χ2n) is 6.56. The Labute approximate surface area is 177 Å². The van der Waals surface area contributed by atoms with E-state index in [4.69, 9.17) is 9.47 Å². The van der Waals surface area contributed by atoms with E-state index in [2.05, 4.69) is 10.3 Å². The predicted octanol–water partition coefficient (Wildman–Crippen LogP) is 4.18. The van der Waals surface area contributed by atoms with Crippen LogP contribution in [0, 0.1) is 11.6 Å². The molecule has 0 atom stereocenters. The molecule has 9 heteroatoms. The maximum absolute atomic E-state index is 13.9. The molecule has 0 aliphatic heterocycles. The van der Waals surface area contributed by atoms with Gasteiger partial charge in [0.2, 0.25) is 5.91 Å². The second kappa shape index (κ2) is 9.64. The van der Waals surface area contributed by atoms with Gasteiger partial charge in [-0.2, -0.15) is 0 Å². The van der Waals surface area contributed by atoms with Crippen LogP contribution in [0.4, 0.5) is 13.9 Å². The van der Waals surface area contributed by atoms with Crippen LogP contribution < -0.4 is 14.8 Å². The van der Waals surface area contributed by atoms with Gasteiger partial charge in [0.25, 0.3) is 0 Å². The minimum absolute atomic E-state index is 0.0514. The summed E-state index contributed by atoms with van der Waals surface area (Å²) < 4.78 is 37.9. The average Bonchev–Trinajstić information content (AvgIpc) is 3.17. The molecule has 1 amide bonds. The van der Waals surface area contributed by atoms with Crippen LogP contribution in [0.2, 0.25) is 0 Å². The van der Waals surface area contributed by atoms with E-state index in [9.17, 15) is 13.6 Å². The highest BCUT2D eigenvalue weighted by atomic mass is 32.1. The molecule has 0 unspecified atom stereocenters. The molecule has 0 saturated carbocycles. The Bertz CT molecular complexity index is 1040. The first kappa shape index (κ1) is 21.7. The molecule has 0 aliphatic carbocycles. The predicted molar refractivity (Wildman–Crippen MR) is 112 cm³/mol. The number of amides is 1. The number of carbonyl (C=O) groups excluding carboxylic acids is 1. The molecule has 6 nitrogen and oxygen atoms in total. The van der Waals surface area contributed by atoms with Crippen molar-refractivity contribution in [2.24, 2.45) is 0 Å². The maximum atomic E-state index is 13.9. The van der Waals surface area contributed by atoms with Gasteiger partial charge < -0.3 is 14.8 Å². The Kier molecular flexibility index (Phi) is 6.96. The number of nitrogens with zero attached hydrogens (tertiary/aromatic N) is 2. The highest BCUT2D eigenvalue weighted by Crippen LogP contribution is 2.28. The number of ether oxygens (including phenoxy) is 2. The molecule has 1 heterocycles. The van der Waals surface area contributed by atoms with Gasteiger partial charge in [0.1, 0.15) is 23.1 Å². The van der Waals surface area contributed by atoms with Crippen LogP contribution in [0.3, 0.4) is 0 Å². The molecular weight excluding hydrogens is 412 g/mol. The first-order valence-corrected chi connectivity index (χ1v) is 9.88. The first-order valence-electron chi connectivity index (χ1n) is 9.00. The summed E-state index contributed by atoms with van der Waals surface area (Å²) in [6.07, 6.45) is 0. The molecule has 0 radical (unpaired) electrons. The molecule has 0 spiro atoms. The smallest absolute Gasteiger partial charge is 0.240 e. The molecule has 2 aromatic carbocycles. The van der Waals surface area contributed by atoms with E-state index in [1.165, 1.54) is 0 Å². The lowest BCUT2D eigenvalue weighted by molar-refractivity contribution is -0.117. The van der Waals surface area contributed by atoms with Crippen molar-refractivity contribution in [1.29, 1.82) is 0 Å². The van der Waals surface area contributed by atoms with Crippen LogP contribution >= 0.6 is 11.3 Å². The summed E-state index contributed by atoms with van der Waals surface area (Å²) in [6.45, 7) is 0.594. The normalized spacial score (nSPS) is 10.9. The lowest BCUT2D eigenvalue weighted by Gasteiger charge is -2.18. The molecular formula is C21H21F2N3O3S. The number of thiazole rings is 1. The minimum Gasteiger partial charge on any atom is -0.497 e. The summed E-state index contributed by atoms with van der Waals surface area (Å²) in [5.41, 5.74) is 1.23. The van der Waals surface area contributed by atoms with Gasteiger partial charge in [-0.1, -0.05) is 6.07 Å². The van der Waals surface area contributed by atoms with Gasteiger partial charge in [0.05, 0.1) is 26.5 Å². The lowest BCUT2D eigenvalue weighted by atomic mass is 10.1. The minimum atomic E-state index is -0.576. The summed E-state index contributed by atoms with van der Waals surface area (Å²) in [7, 11) is 4.96. The van der Waals surface area contributed by atoms with Crippen LogP contribution in [0.5, 0.6) is 11.5 Å². The standard InChI is InChI=1S/C21H21F2N3O3S/c1-26(10-13-4-6-15(28-2)9-19(13)29-3)11-20(27)25-21-24-18(12-30-21)16-8-14(22)5-7-17(16)23/h4-9,12H,10-11H2,1-3H3,(H,24,25,27). The van der Waals surface area contributed by atoms with Gasteiger partial charge in [-0.3, -0.25) is 9.69 Å². The largest absolute Gasteiger partial charge is 0.497 e. The van der Waals surface area contributed by atoms with Crippen LogP contribution in [-0.2, 0) is 11.3 Å². The SMILES string of the molecule is COc1ccc(CN(C)CC(=O)Nc2nc(-c3cc(F)ccc3F)cs2)c(OC)c1. The third kappa shape index (κ3) is 5.31. The number of likely N-dealkylation sites (N-methyl/N-ethyl adjacent to an activating group) is 1. The molecule has 0 saturated heterocycles. The molecule has 3 aromatic rings. The van der Waals surface area contributed by atoms with E-state index in [1.807, 2.05) is 17.0 Å². The fraction of sp³-hybridized carbons (Fsp3) is 0.238. The monoisotopic (exact) mass is 433 g/mol.